The molecule has 61 heavy (non-hydrogen) atoms. The Morgan fingerprint density at radius 3 is 1.84 bits per heavy atom. The zero-order valence-corrected chi connectivity index (χ0v) is 37.2. The van der Waals surface area contributed by atoms with E-state index in [0.717, 1.165) is 36.3 Å². The Bertz CT molecular complexity index is 2030. The van der Waals surface area contributed by atoms with Crippen LogP contribution in [0.4, 0.5) is 0 Å². The largest absolute Gasteiger partial charge is 0.480 e. The average molecular weight is 857 g/mol. The number of aliphatic carboxylic acids is 1. The van der Waals surface area contributed by atoms with Gasteiger partial charge in [-0.15, -0.1) is 11.8 Å². The van der Waals surface area contributed by atoms with Crippen molar-refractivity contribution in [3.63, 3.8) is 0 Å². The van der Waals surface area contributed by atoms with Gasteiger partial charge in [0.15, 0.2) is 0 Å². The van der Waals surface area contributed by atoms with E-state index in [0.29, 0.717) is 25.1 Å². The van der Waals surface area contributed by atoms with E-state index in [4.69, 9.17) is 0 Å². The number of nitrogens with one attached hydrogen (secondary N) is 3. The fraction of sp³-hybridized carbons (Fsp3) is 0.353. The van der Waals surface area contributed by atoms with Crippen molar-refractivity contribution in [2.75, 3.05) is 30.9 Å². The summed E-state index contributed by atoms with van der Waals surface area (Å²) in [7, 11) is 0. The highest BCUT2D eigenvalue weighted by Crippen LogP contribution is 2.48. The van der Waals surface area contributed by atoms with Crippen LogP contribution >= 0.6 is 23.5 Å². The van der Waals surface area contributed by atoms with Crippen molar-refractivity contribution in [2.45, 2.75) is 75.0 Å². The first-order valence-electron chi connectivity index (χ1n) is 21.4. The molecule has 1 unspecified atom stereocenters. The number of nitrogens with zero attached hydrogens (tertiary/aromatic N) is 1. The molecule has 0 aliphatic carbocycles. The number of carbonyl (C=O) groups excluding carboxylic acids is 2. The lowest BCUT2D eigenvalue weighted by Gasteiger charge is -2.40. The molecular weight excluding hydrogens is 797 g/mol. The minimum Gasteiger partial charge on any atom is -0.480 e. The van der Waals surface area contributed by atoms with Crippen LogP contribution in [0.15, 0.2) is 146 Å². The molecular formula is C51H60N4O4S2. The van der Waals surface area contributed by atoms with Gasteiger partial charge in [0.05, 0.1) is 10.8 Å². The first-order chi connectivity index (χ1) is 29.7. The van der Waals surface area contributed by atoms with Crippen molar-refractivity contribution in [2.24, 2.45) is 5.92 Å². The molecule has 0 fully saturated rings. The molecule has 0 saturated heterocycles. The Morgan fingerprint density at radius 1 is 0.754 bits per heavy atom. The monoisotopic (exact) mass is 856 g/mol. The van der Waals surface area contributed by atoms with Crippen LogP contribution in [0, 0.1) is 5.92 Å². The molecule has 8 nitrogen and oxygen atoms in total. The van der Waals surface area contributed by atoms with Crippen molar-refractivity contribution < 1.29 is 19.5 Å². The molecule has 6 rings (SSSR count). The highest BCUT2D eigenvalue weighted by Gasteiger charge is 2.41. The van der Waals surface area contributed by atoms with Crippen LogP contribution in [0.3, 0.4) is 0 Å². The fourth-order valence-electron chi connectivity index (χ4n) is 8.23. The number of carboxylic acids is 1. The van der Waals surface area contributed by atoms with Crippen LogP contribution in [0.1, 0.15) is 60.1 Å². The second-order valence-corrected chi connectivity index (χ2v) is 18.3. The van der Waals surface area contributed by atoms with Crippen molar-refractivity contribution in [1.29, 1.82) is 0 Å². The van der Waals surface area contributed by atoms with Crippen LogP contribution in [-0.2, 0) is 38.5 Å². The number of carbonyl (C=O) groups is 3. The van der Waals surface area contributed by atoms with Gasteiger partial charge in [0.25, 0.3) is 0 Å². The van der Waals surface area contributed by atoms with E-state index in [1.807, 2.05) is 62.2 Å². The molecule has 0 radical (unpaired) electrons. The molecule has 5 aromatic carbocycles. The van der Waals surface area contributed by atoms with E-state index in [1.54, 1.807) is 4.90 Å². The molecule has 2 amide bonds. The maximum absolute atomic E-state index is 14.9. The number of thioether (sulfide) groups is 2. The van der Waals surface area contributed by atoms with Crippen molar-refractivity contribution in [1.82, 2.24) is 20.9 Å². The summed E-state index contributed by atoms with van der Waals surface area (Å²) in [6, 6.07) is 48.0. The molecule has 0 bridgehead atoms. The van der Waals surface area contributed by atoms with Crippen molar-refractivity contribution in [3.05, 3.63) is 179 Å². The number of fused-ring (bicyclic) bond motifs is 1. The van der Waals surface area contributed by atoms with E-state index in [9.17, 15) is 19.5 Å². The number of aryl methyl sites for hydroxylation is 1. The molecule has 0 spiro atoms. The number of benzene rings is 5. The Kier molecular flexibility index (Phi) is 17.1. The van der Waals surface area contributed by atoms with Gasteiger partial charge < -0.3 is 26.0 Å². The molecule has 5 aromatic rings. The topological polar surface area (TPSA) is 111 Å². The standard InChI is InChI=1S/C51H60N4O4S2/c1-37(2)47(49(57)55-35-40-23-17-16-22-39(40)33-46(55)48(56)54-45(50(58)59)30-32-60-3)53-34-44(52-31-18-21-38-19-8-4-9-20-38)36-61-51(41-24-10-5-11-25-41,42-26-12-6-13-27-42)43-28-14-7-15-29-43/h4-17,19-20,22-29,37,44-47,52-53H,18,21,30-36H2,1-3H3,(H,54,56)(H,58,59)/t44?,45-,46+,47-/m0/s1. The quantitative estimate of drug-likeness (QED) is 0.0408. The van der Waals surface area contributed by atoms with Gasteiger partial charge in [-0.25, -0.2) is 4.79 Å². The number of hydrogen-bond acceptors (Lipinski definition) is 7. The maximum atomic E-state index is 14.9. The summed E-state index contributed by atoms with van der Waals surface area (Å²) >= 11 is 3.43. The first-order valence-corrected chi connectivity index (χ1v) is 23.8. The number of amides is 2. The molecule has 320 valence electrons. The Hall–Kier alpha value is -4.87. The molecule has 0 aromatic heterocycles. The molecule has 4 N–H and O–H groups in total. The van der Waals surface area contributed by atoms with E-state index < -0.39 is 34.7 Å². The molecule has 1 heterocycles. The van der Waals surface area contributed by atoms with E-state index in [1.165, 1.54) is 34.0 Å². The summed E-state index contributed by atoms with van der Waals surface area (Å²) in [5, 5.41) is 20.3. The van der Waals surface area contributed by atoms with Gasteiger partial charge >= 0.3 is 5.97 Å². The fourth-order valence-corrected chi connectivity index (χ4v) is 10.3. The minimum absolute atomic E-state index is 0.0285. The predicted molar refractivity (Wildman–Crippen MR) is 252 cm³/mol. The molecule has 1 aliphatic heterocycles. The third-order valence-electron chi connectivity index (χ3n) is 11.5. The van der Waals surface area contributed by atoms with Gasteiger partial charge in [-0.1, -0.05) is 159 Å². The van der Waals surface area contributed by atoms with Crippen molar-refractivity contribution >= 4 is 41.3 Å². The Balaban J connectivity index is 1.27. The third kappa shape index (κ3) is 11.9. The molecule has 1 aliphatic rings. The maximum Gasteiger partial charge on any atom is 0.326 e. The zero-order chi connectivity index (χ0) is 43.0. The lowest BCUT2D eigenvalue weighted by Crippen LogP contribution is -2.60. The van der Waals surface area contributed by atoms with Gasteiger partial charge in [-0.2, -0.15) is 11.8 Å². The smallest absolute Gasteiger partial charge is 0.326 e. The van der Waals surface area contributed by atoms with Crippen LogP contribution in [0.5, 0.6) is 0 Å². The average Bonchev–Trinajstić information content (AvgIpc) is 3.29. The summed E-state index contributed by atoms with van der Waals surface area (Å²) in [6.45, 7) is 5.65. The lowest BCUT2D eigenvalue weighted by molar-refractivity contribution is -0.146. The van der Waals surface area contributed by atoms with Crippen LogP contribution in [0.2, 0.25) is 0 Å². The minimum atomic E-state index is -1.07. The highest BCUT2D eigenvalue weighted by molar-refractivity contribution is 8.00. The zero-order valence-electron chi connectivity index (χ0n) is 35.5. The SMILES string of the molecule is CSCC[C@H](NC(=O)[C@H]1Cc2ccccc2CN1C(=O)[C@@H](NCC(CSC(c1ccccc1)(c1ccccc1)c1ccccc1)NCCCc1ccccc1)C(C)C)C(=O)O. The second kappa shape index (κ2) is 22.8. The van der Waals surface area contributed by atoms with E-state index in [-0.39, 0.29) is 24.4 Å². The van der Waals surface area contributed by atoms with Gasteiger partial charge in [0, 0.05) is 31.3 Å². The van der Waals surface area contributed by atoms with Gasteiger partial charge in [-0.3, -0.25) is 9.59 Å². The van der Waals surface area contributed by atoms with Gasteiger partial charge in [0.2, 0.25) is 11.8 Å². The predicted octanol–water partition coefficient (Wildman–Crippen LogP) is 8.19. The molecule has 4 atom stereocenters. The summed E-state index contributed by atoms with van der Waals surface area (Å²) < 4.78 is -0.508. The third-order valence-corrected chi connectivity index (χ3v) is 13.9. The molecule has 10 heteroatoms. The van der Waals surface area contributed by atoms with E-state index >= 15 is 0 Å². The van der Waals surface area contributed by atoms with E-state index in [2.05, 4.69) is 131 Å². The molecule has 0 saturated carbocycles. The lowest BCUT2D eigenvalue weighted by atomic mass is 9.84. The number of rotatable bonds is 22. The normalized spacial score (nSPS) is 15.4. The summed E-state index contributed by atoms with van der Waals surface area (Å²) in [5.74, 6) is -0.449. The van der Waals surface area contributed by atoms with Gasteiger partial charge in [-0.05, 0) is 77.1 Å². The van der Waals surface area contributed by atoms with Crippen LogP contribution in [-0.4, -0.2) is 82.8 Å². The van der Waals surface area contributed by atoms with Crippen LogP contribution < -0.4 is 16.0 Å². The Morgan fingerprint density at radius 2 is 1.30 bits per heavy atom. The number of hydrogen-bond donors (Lipinski definition) is 4. The Labute approximate surface area is 370 Å². The van der Waals surface area contributed by atoms with Crippen LogP contribution in [0.25, 0.3) is 0 Å². The number of carboxylic acid groups (broad SMARTS) is 1. The second-order valence-electron chi connectivity index (χ2n) is 16.1. The highest BCUT2D eigenvalue weighted by atomic mass is 32.2. The summed E-state index contributed by atoms with van der Waals surface area (Å²) in [5.41, 5.74) is 6.86. The first kappa shape index (κ1) is 45.7. The van der Waals surface area contributed by atoms with Gasteiger partial charge in [0.1, 0.15) is 12.1 Å². The summed E-state index contributed by atoms with van der Waals surface area (Å²) in [4.78, 5) is 42.8. The summed E-state index contributed by atoms with van der Waals surface area (Å²) in [6.07, 6.45) is 4.44. The van der Waals surface area contributed by atoms with Crippen molar-refractivity contribution in [3.8, 4) is 0 Å².